The second-order valence-electron chi connectivity index (χ2n) is 3.41. The van der Waals surface area contributed by atoms with Gasteiger partial charge in [0.25, 0.3) is 0 Å². The third-order valence-electron chi connectivity index (χ3n) is 2.21. The van der Waals surface area contributed by atoms with Gasteiger partial charge >= 0.3 is 6.16 Å². The Morgan fingerprint density at radius 2 is 1.93 bits per heavy atom. The van der Waals surface area contributed by atoms with Crippen molar-refractivity contribution in [3.63, 3.8) is 0 Å². The van der Waals surface area contributed by atoms with Crippen LogP contribution >= 0.6 is 0 Å². The predicted octanol–water partition coefficient (Wildman–Crippen LogP) is 1.70. The molecule has 1 rings (SSSR count). The molecule has 0 aromatic rings. The zero-order valence-electron chi connectivity index (χ0n) is 9.23. The minimum atomic E-state index is -0.636. The first kappa shape index (κ1) is 12.3. The minimum absolute atomic E-state index is 0.0667. The maximum atomic E-state index is 11.3. The van der Waals surface area contributed by atoms with E-state index in [1.54, 1.807) is 0 Å². The Bertz CT molecular complexity index is 184. The van der Waals surface area contributed by atoms with E-state index in [1.807, 2.05) is 13.8 Å². The van der Waals surface area contributed by atoms with Crippen LogP contribution in [-0.4, -0.2) is 38.4 Å². The molecule has 0 unspecified atom stereocenters. The van der Waals surface area contributed by atoms with Crippen molar-refractivity contribution < 1.29 is 23.7 Å². The van der Waals surface area contributed by atoms with Crippen molar-refractivity contribution in [3.8, 4) is 0 Å². The molecule has 0 aliphatic carbocycles. The fourth-order valence-corrected chi connectivity index (χ4v) is 1.29. The van der Waals surface area contributed by atoms with E-state index in [0.717, 1.165) is 12.8 Å². The normalized spacial score (nSPS) is 17.8. The molecule has 1 aliphatic rings. The van der Waals surface area contributed by atoms with Gasteiger partial charge in [0.05, 0.1) is 13.2 Å². The van der Waals surface area contributed by atoms with E-state index in [1.165, 1.54) is 0 Å². The van der Waals surface area contributed by atoms with Crippen LogP contribution in [0, 0.1) is 0 Å². The van der Waals surface area contributed by atoms with Crippen molar-refractivity contribution >= 4 is 6.16 Å². The van der Waals surface area contributed by atoms with Gasteiger partial charge in [0.2, 0.25) is 0 Å². The van der Waals surface area contributed by atoms with Gasteiger partial charge in [0, 0.05) is 0 Å². The maximum Gasteiger partial charge on any atom is 0.508 e. The van der Waals surface area contributed by atoms with Crippen molar-refractivity contribution in [3.05, 3.63) is 0 Å². The summed E-state index contributed by atoms with van der Waals surface area (Å²) in [6.07, 6.45) is 0.540. The number of hydrogen-bond donors (Lipinski definition) is 0. The second kappa shape index (κ2) is 6.63. The number of hydrogen-bond acceptors (Lipinski definition) is 5. The molecule has 1 heterocycles. The molecular formula is C10H18O5. The van der Waals surface area contributed by atoms with Gasteiger partial charge < -0.3 is 18.9 Å². The Balaban J connectivity index is 2.21. The van der Waals surface area contributed by atoms with Gasteiger partial charge in [0.1, 0.15) is 12.9 Å². The fourth-order valence-electron chi connectivity index (χ4n) is 1.29. The first-order valence-corrected chi connectivity index (χ1v) is 5.29. The monoisotopic (exact) mass is 218 g/mol. The molecule has 5 heteroatoms. The van der Waals surface area contributed by atoms with Crippen molar-refractivity contribution in [1.82, 2.24) is 0 Å². The van der Waals surface area contributed by atoms with Crippen LogP contribution in [0.1, 0.15) is 26.7 Å². The summed E-state index contributed by atoms with van der Waals surface area (Å²) < 4.78 is 20.1. The topological polar surface area (TPSA) is 54.0 Å². The highest BCUT2D eigenvalue weighted by atomic mass is 16.8. The number of ether oxygens (including phenoxy) is 4. The average molecular weight is 218 g/mol. The van der Waals surface area contributed by atoms with Crippen LogP contribution < -0.4 is 0 Å². The van der Waals surface area contributed by atoms with E-state index in [2.05, 4.69) is 0 Å². The molecule has 0 amide bonds. The number of rotatable bonds is 4. The predicted molar refractivity (Wildman–Crippen MR) is 52.5 cm³/mol. The summed E-state index contributed by atoms with van der Waals surface area (Å²) in [5, 5.41) is 0. The lowest BCUT2D eigenvalue weighted by molar-refractivity contribution is -0.159. The standard InChI is InChI=1S/C10H18O5/c1-3-8(4-2)14-10(11)15-9-5-12-7-13-6-9/h8-9H,3-7H2,1-2H3. The molecule has 0 aromatic carbocycles. The summed E-state index contributed by atoms with van der Waals surface area (Å²) in [5.74, 6) is 0. The summed E-state index contributed by atoms with van der Waals surface area (Å²) in [7, 11) is 0. The van der Waals surface area contributed by atoms with Crippen molar-refractivity contribution in [2.75, 3.05) is 20.0 Å². The van der Waals surface area contributed by atoms with E-state index in [-0.39, 0.29) is 19.0 Å². The molecule has 0 spiro atoms. The molecule has 1 saturated heterocycles. The Morgan fingerprint density at radius 1 is 1.33 bits per heavy atom. The van der Waals surface area contributed by atoms with Crippen LogP contribution in [0.2, 0.25) is 0 Å². The molecule has 0 bridgehead atoms. The summed E-state index contributed by atoms with van der Waals surface area (Å²) in [5.41, 5.74) is 0. The van der Waals surface area contributed by atoms with E-state index in [9.17, 15) is 4.79 Å². The lowest BCUT2D eigenvalue weighted by Gasteiger charge is -2.23. The Kier molecular flexibility index (Phi) is 5.42. The summed E-state index contributed by atoms with van der Waals surface area (Å²) in [4.78, 5) is 11.3. The van der Waals surface area contributed by atoms with E-state index < -0.39 is 6.16 Å². The lowest BCUT2D eigenvalue weighted by atomic mass is 10.2. The van der Waals surface area contributed by atoms with Gasteiger partial charge in [-0.25, -0.2) is 4.79 Å². The highest BCUT2D eigenvalue weighted by Gasteiger charge is 2.21. The molecule has 0 radical (unpaired) electrons. The molecule has 0 atom stereocenters. The summed E-state index contributed by atoms with van der Waals surface area (Å²) >= 11 is 0. The maximum absolute atomic E-state index is 11.3. The fraction of sp³-hybridized carbons (Fsp3) is 0.900. The van der Waals surface area contributed by atoms with Gasteiger partial charge in [-0.2, -0.15) is 0 Å². The third kappa shape index (κ3) is 4.48. The number of carbonyl (C=O) groups is 1. The molecular weight excluding hydrogens is 200 g/mol. The van der Waals surface area contributed by atoms with E-state index in [0.29, 0.717) is 13.2 Å². The lowest BCUT2D eigenvalue weighted by Crippen LogP contribution is -2.34. The van der Waals surface area contributed by atoms with Crippen molar-refractivity contribution in [1.29, 1.82) is 0 Å². The largest absolute Gasteiger partial charge is 0.508 e. The molecule has 0 aromatic heterocycles. The van der Waals surface area contributed by atoms with Gasteiger partial charge in [-0.3, -0.25) is 0 Å². The Hall–Kier alpha value is -0.810. The highest BCUT2D eigenvalue weighted by molar-refractivity contribution is 5.60. The van der Waals surface area contributed by atoms with Gasteiger partial charge in [-0.1, -0.05) is 13.8 Å². The van der Waals surface area contributed by atoms with Crippen LogP contribution in [0.4, 0.5) is 4.79 Å². The molecule has 5 nitrogen and oxygen atoms in total. The molecule has 15 heavy (non-hydrogen) atoms. The first-order valence-electron chi connectivity index (χ1n) is 5.29. The van der Waals surface area contributed by atoms with Crippen molar-refractivity contribution in [2.24, 2.45) is 0 Å². The highest BCUT2D eigenvalue weighted by Crippen LogP contribution is 2.08. The van der Waals surface area contributed by atoms with Gasteiger partial charge in [-0.15, -0.1) is 0 Å². The van der Waals surface area contributed by atoms with Crippen LogP contribution in [0.15, 0.2) is 0 Å². The van der Waals surface area contributed by atoms with Crippen LogP contribution in [-0.2, 0) is 18.9 Å². The minimum Gasteiger partial charge on any atom is -0.431 e. The van der Waals surface area contributed by atoms with Gasteiger partial charge in [-0.05, 0) is 12.8 Å². The van der Waals surface area contributed by atoms with Crippen molar-refractivity contribution in [2.45, 2.75) is 38.9 Å². The smallest absolute Gasteiger partial charge is 0.431 e. The average Bonchev–Trinajstić information content (AvgIpc) is 2.27. The molecule has 0 saturated carbocycles. The van der Waals surface area contributed by atoms with Crippen LogP contribution in [0.3, 0.4) is 0 Å². The SMILES string of the molecule is CCC(CC)OC(=O)OC1COCOC1. The molecule has 1 aliphatic heterocycles. The number of carbonyl (C=O) groups excluding carboxylic acids is 1. The molecule has 0 N–H and O–H groups in total. The summed E-state index contributed by atoms with van der Waals surface area (Å²) in [6, 6.07) is 0. The quantitative estimate of drug-likeness (QED) is 0.672. The molecule has 88 valence electrons. The summed E-state index contributed by atoms with van der Waals surface area (Å²) in [6.45, 7) is 4.94. The van der Waals surface area contributed by atoms with Crippen LogP contribution in [0.25, 0.3) is 0 Å². The third-order valence-corrected chi connectivity index (χ3v) is 2.21. The van der Waals surface area contributed by atoms with E-state index in [4.69, 9.17) is 18.9 Å². The van der Waals surface area contributed by atoms with Crippen LogP contribution in [0.5, 0.6) is 0 Å². The van der Waals surface area contributed by atoms with E-state index >= 15 is 0 Å². The van der Waals surface area contributed by atoms with Gasteiger partial charge in [0.15, 0.2) is 6.10 Å². The molecule has 1 fully saturated rings. The zero-order chi connectivity index (χ0) is 11.1. The second-order valence-corrected chi connectivity index (χ2v) is 3.41. The first-order chi connectivity index (χ1) is 7.26. The zero-order valence-corrected chi connectivity index (χ0v) is 9.23. The Labute approximate surface area is 89.6 Å². The Morgan fingerprint density at radius 3 is 2.47 bits per heavy atom.